The summed E-state index contributed by atoms with van der Waals surface area (Å²) >= 11 is 6.37. The molecule has 1 spiro atoms. The van der Waals surface area contributed by atoms with E-state index in [-0.39, 0.29) is 22.1 Å². The summed E-state index contributed by atoms with van der Waals surface area (Å²) in [5, 5.41) is 11.8. The number of rotatable bonds is 0. The highest BCUT2D eigenvalue weighted by atomic mass is 35.5. The largest absolute Gasteiger partial charge is 0.490 e. The molecule has 2 aliphatic carbocycles. The summed E-state index contributed by atoms with van der Waals surface area (Å²) in [4.78, 5) is 17.0. The fourth-order valence-electron chi connectivity index (χ4n) is 6.96. The Morgan fingerprint density at radius 1 is 1.17 bits per heavy atom. The first-order valence-electron chi connectivity index (χ1n) is 14.5. The average Bonchev–Trinajstić information content (AvgIpc) is 3.06. The molecule has 2 aromatic carbocycles. The number of ether oxygens (including phenoxy) is 1. The first-order valence-corrected chi connectivity index (χ1v) is 16.3. The van der Waals surface area contributed by atoms with Gasteiger partial charge in [0.1, 0.15) is 5.75 Å². The Bertz CT molecular complexity index is 1480. The summed E-state index contributed by atoms with van der Waals surface area (Å²) in [7, 11) is -2.36. The van der Waals surface area contributed by atoms with E-state index >= 15 is 0 Å². The Balaban J connectivity index is 1.44. The van der Waals surface area contributed by atoms with Gasteiger partial charge in [0.25, 0.3) is 15.9 Å². The number of aliphatic hydroxyl groups excluding tert-OH is 1. The van der Waals surface area contributed by atoms with Gasteiger partial charge in [0.05, 0.1) is 29.3 Å². The second-order valence-corrected chi connectivity index (χ2v) is 14.4. The van der Waals surface area contributed by atoms with Crippen LogP contribution in [0.25, 0.3) is 0 Å². The molecule has 0 saturated heterocycles. The normalized spacial score (nSPS) is 32.5. The van der Waals surface area contributed by atoms with Crippen molar-refractivity contribution in [1.82, 2.24) is 9.62 Å². The lowest BCUT2D eigenvalue weighted by Gasteiger charge is -2.45. The molecular formula is C31H38ClN3O5S. The van der Waals surface area contributed by atoms with Crippen LogP contribution in [0.5, 0.6) is 5.75 Å². The van der Waals surface area contributed by atoms with E-state index in [9.17, 15) is 18.3 Å². The highest BCUT2D eigenvalue weighted by molar-refractivity contribution is 7.90. The van der Waals surface area contributed by atoms with Crippen molar-refractivity contribution in [3.8, 4) is 5.75 Å². The molecule has 10 heteroatoms. The van der Waals surface area contributed by atoms with Crippen LogP contribution >= 0.6 is 11.6 Å². The molecule has 1 saturated carbocycles. The van der Waals surface area contributed by atoms with E-state index < -0.39 is 28.1 Å². The van der Waals surface area contributed by atoms with Gasteiger partial charge in [0.2, 0.25) is 0 Å². The van der Waals surface area contributed by atoms with Crippen molar-refractivity contribution in [3.05, 3.63) is 64.7 Å². The lowest BCUT2D eigenvalue weighted by Crippen LogP contribution is -2.49. The molecule has 1 amide bonds. The topological polar surface area (TPSA) is 99.2 Å². The molecule has 0 unspecified atom stereocenters. The average molecular weight is 600 g/mol. The molecule has 1 fully saturated rings. The number of halogens is 1. The van der Waals surface area contributed by atoms with E-state index in [1.165, 1.54) is 17.2 Å². The van der Waals surface area contributed by atoms with Crippen molar-refractivity contribution >= 4 is 33.2 Å². The second kappa shape index (κ2) is 10.9. The number of benzene rings is 2. The van der Waals surface area contributed by atoms with Crippen molar-refractivity contribution in [2.45, 2.75) is 61.5 Å². The summed E-state index contributed by atoms with van der Waals surface area (Å²) in [6.45, 7) is 3.88. The second-order valence-electron chi connectivity index (χ2n) is 12.2. The number of nitrogens with one attached hydrogen (secondary N) is 1. The minimum absolute atomic E-state index is 0.0250. The van der Waals surface area contributed by atoms with Crippen LogP contribution in [0.3, 0.4) is 0 Å². The van der Waals surface area contributed by atoms with Gasteiger partial charge in [-0.15, -0.1) is 0 Å². The van der Waals surface area contributed by atoms with Gasteiger partial charge in [-0.25, -0.2) is 13.1 Å². The number of aryl methyl sites for hydroxylation is 1. The van der Waals surface area contributed by atoms with Crippen LogP contribution in [0.15, 0.2) is 53.4 Å². The van der Waals surface area contributed by atoms with Crippen LogP contribution in [0, 0.1) is 11.8 Å². The number of hydrogen-bond donors (Lipinski definition) is 2. The molecule has 220 valence electrons. The van der Waals surface area contributed by atoms with E-state index in [1.54, 1.807) is 31.0 Å². The molecule has 6 rings (SSSR count). The maximum absolute atomic E-state index is 13.4. The third kappa shape index (κ3) is 5.38. The van der Waals surface area contributed by atoms with E-state index in [1.807, 2.05) is 18.2 Å². The van der Waals surface area contributed by atoms with Crippen LogP contribution in [-0.2, 0) is 26.7 Å². The lowest BCUT2D eigenvalue weighted by atomic mass is 9.68. The Labute approximate surface area is 247 Å². The Morgan fingerprint density at radius 3 is 2.78 bits per heavy atom. The molecular weight excluding hydrogens is 562 g/mol. The predicted molar refractivity (Wildman–Crippen MR) is 159 cm³/mol. The lowest BCUT2D eigenvalue weighted by molar-refractivity contribution is -0.123. The molecule has 2 bridgehead atoms. The molecule has 8 nitrogen and oxygen atoms in total. The summed E-state index contributed by atoms with van der Waals surface area (Å²) in [5.74, 6) is 0.374. The standard InChI is InChI=1S/C31H38ClN3O5S/c1-20-30(37)33-41(38,39)24-9-12-29-27(16-24)35(17-22-7-10-25(22)28(36)6-4-14-34(20)2)18-31(19-40-29)13-3-5-21-15-23(32)8-11-26(21)31/h4,6,8-9,11-12,15-16,20,22,25,28,36H,3,5,7,10,13-14,17-19H2,1-2H3,(H,33,37)/b6-4-/t20-,22+,25-,28+,31+/m1/s1. The summed E-state index contributed by atoms with van der Waals surface area (Å²) in [6.07, 6.45) is 7.94. The molecule has 4 aliphatic rings. The molecule has 2 N–H and O–H groups in total. The quantitative estimate of drug-likeness (QED) is 0.443. The summed E-state index contributed by atoms with van der Waals surface area (Å²) < 4.78 is 35.6. The van der Waals surface area contributed by atoms with Crippen molar-refractivity contribution in [2.24, 2.45) is 11.8 Å². The number of sulfonamides is 1. The van der Waals surface area contributed by atoms with Crippen LogP contribution < -0.4 is 14.4 Å². The molecule has 0 radical (unpaired) electrons. The fourth-order valence-corrected chi connectivity index (χ4v) is 8.22. The minimum atomic E-state index is -4.12. The van der Waals surface area contributed by atoms with Gasteiger partial charge in [-0.05, 0) is 99.4 Å². The number of nitrogens with zero attached hydrogens (tertiary/aromatic N) is 2. The van der Waals surface area contributed by atoms with Crippen LogP contribution in [0.2, 0.25) is 5.02 Å². The molecule has 5 atom stereocenters. The summed E-state index contributed by atoms with van der Waals surface area (Å²) in [6, 6.07) is 10.3. The minimum Gasteiger partial charge on any atom is -0.490 e. The molecule has 2 heterocycles. The van der Waals surface area contributed by atoms with Gasteiger partial charge in [0, 0.05) is 30.1 Å². The Kier molecular flexibility index (Phi) is 7.59. The molecule has 2 aliphatic heterocycles. The number of likely N-dealkylation sites (N-methyl/N-ethyl adjacent to an activating group) is 1. The van der Waals surface area contributed by atoms with Gasteiger partial charge >= 0.3 is 0 Å². The third-order valence-electron chi connectivity index (χ3n) is 9.69. The first-order chi connectivity index (χ1) is 19.6. The zero-order valence-electron chi connectivity index (χ0n) is 23.6. The Morgan fingerprint density at radius 2 is 2.00 bits per heavy atom. The Hall–Kier alpha value is -2.59. The van der Waals surface area contributed by atoms with E-state index in [0.717, 1.165) is 37.1 Å². The van der Waals surface area contributed by atoms with E-state index in [0.29, 0.717) is 37.7 Å². The number of carbonyl (C=O) groups is 1. The van der Waals surface area contributed by atoms with Crippen LogP contribution in [0.1, 0.15) is 43.7 Å². The van der Waals surface area contributed by atoms with E-state index in [2.05, 4.69) is 21.8 Å². The van der Waals surface area contributed by atoms with Crippen molar-refractivity contribution < 1.29 is 23.1 Å². The maximum Gasteiger partial charge on any atom is 0.264 e. The molecule has 41 heavy (non-hydrogen) atoms. The van der Waals surface area contributed by atoms with Crippen molar-refractivity contribution in [2.75, 3.05) is 38.2 Å². The van der Waals surface area contributed by atoms with Gasteiger partial charge in [-0.3, -0.25) is 9.69 Å². The molecule has 0 aromatic heterocycles. The maximum atomic E-state index is 13.4. The monoisotopic (exact) mass is 599 g/mol. The number of anilines is 1. The zero-order valence-corrected chi connectivity index (χ0v) is 25.1. The van der Waals surface area contributed by atoms with E-state index in [4.69, 9.17) is 16.3 Å². The van der Waals surface area contributed by atoms with Crippen molar-refractivity contribution in [3.63, 3.8) is 0 Å². The first kappa shape index (κ1) is 28.5. The van der Waals surface area contributed by atoms with Crippen LogP contribution in [0.4, 0.5) is 5.69 Å². The highest BCUT2D eigenvalue weighted by Crippen LogP contribution is 2.47. The van der Waals surface area contributed by atoms with Crippen molar-refractivity contribution in [1.29, 1.82) is 0 Å². The number of amides is 1. The fraction of sp³-hybridized carbons (Fsp3) is 0.516. The third-order valence-corrected chi connectivity index (χ3v) is 11.3. The number of aliphatic hydroxyl groups is 1. The van der Waals surface area contributed by atoms with Crippen LogP contribution in [-0.4, -0.2) is 69.8 Å². The summed E-state index contributed by atoms with van der Waals surface area (Å²) in [5.41, 5.74) is 2.88. The van der Waals surface area contributed by atoms with Gasteiger partial charge in [-0.1, -0.05) is 29.8 Å². The van der Waals surface area contributed by atoms with Gasteiger partial charge in [0.15, 0.2) is 0 Å². The number of fused-ring (bicyclic) bond motifs is 4. The van der Waals surface area contributed by atoms with Gasteiger partial charge in [-0.2, -0.15) is 0 Å². The predicted octanol–water partition coefficient (Wildman–Crippen LogP) is 3.90. The highest BCUT2D eigenvalue weighted by Gasteiger charge is 2.44. The van der Waals surface area contributed by atoms with Gasteiger partial charge < -0.3 is 14.7 Å². The smallest absolute Gasteiger partial charge is 0.264 e. The number of carbonyl (C=O) groups excluding carboxylic acids is 1. The molecule has 2 aromatic rings. The zero-order chi connectivity index (χ0) is 28.9. The SMILES string of the molecule is C[C@@H]1C(=O)NS(=O)(=O)c2ccc3c(c2)N(C[C@@H]2CC[C@H]2[C@@H](O)/C=C\CN1C)C[C@@]1(CCCc2cc(Cl)ccc21)CO3. The number of hydrogen-bond acceptors (Lipinski definition) is 7.